The standard InChI is InChI=1S/C21H28N4O3/c1-5-14(4)28-21(26)17-18-20(24-16-10-7-6-9-15(16)23-18)25(19(17)22)11-8-12-27-13(2)3/h6-7,9-10,13-14H,5,8,11-12,22H2,1-4H3/t14-/m1/s1. The number of para-hydroxylation sites is 2. The molecule has 0 aliphatic rings. The van der Waals surface area contributed by atoms with Crippen molar-refractivity contribution in [1.82, 2.24) is 14.5 Å². The molecule has 2 aromatic heterocycles. The number of benzene rings is 1. The number of rotatable bonds is 8. The molecule has 0 spiro atoms. The Morgan fingerprint density at radius 1 is 1.18 bits per heavy atom. The van der Waals surface area contributed by atoms with Gasteiger partial charge in [-0.2, -0.15) is 0 Å². The number of fused-ring (bicyclic) bond motifs is 2. The fourth-order valence-corrected chi connectivity index (χ4v) is 3.01. The molecular formula is C21H28N4O3. The van der Waals surface area contributed by atoms with Crippen LogP contribution in [0.25, 0.3) is 22.2 Å². The molecule has 0 saturated carbocycles. The van der Waals surface area contributed by atoms with Gasteiger partial charge >= 0.3 is 5.97 Å². The first-order valence-corrected chi connectivity index (χ1v) is 9.79. The lowest BCUT2D eigenvalue weighted by atomic mass is 10.2. The Morgan fingerprint density at radius 3 is 2.50 bits per heavy atom. The number of aryl methyl sites for hydroxylation is 1. The summed E-state index contributed by atoms with van der Waals surface area (Å²) in [4.78, 5) is 22.2. The number of nitrogen functional groups attached to an aromatic ring is 1. The quantitative estimate of drug-likeness (QED) is 0.467. The molecule has 0 radical (unpaired) electrons. The molecule has 3 rings (SSSR count). The van der Waals surface area contributed by atoms with Gasteiger partial charge in [-0.3, -0.25) is 0 Å². The van der Waals surface area contributed by atoms with Gasteiger partial charge < -0.3 is 19.8 Å². The second kappa shape index (κ2) is 8.56. The minimum atomic E-state index is -0.460. The van der Waals surface area contributed by atoms with Crippen molar-refractivity contribution in [2.75, 3.05) is 12.3 Å². The minimum absolute atomic E-state index is 0.170. The second-order valence-electron chi connectivity index (χ2n) is 7.19. The van der Waals surface area contributed by atoms with E-state index < -0.39 is 5.97 Å². The molecular weight excluding hydrogens is 356 g/mol. The van der Waals surface area contributed by atoms with Crippen LogP contribution in [0.3, 0.4) is 0 Å². The van der Waals surface area contributed by atoms with Gasteiger partial charge in [0.1, 0.15) is 16.9 Å². The maximum absolute atomic E-state index is 12.8. The van der Waals surface area contributed by atoms with Gasteiger partial charge in [0, 0.05) is 13.2 Å². The highest BCUT2D eigenvalue weighted by Gasteiger charge is 2.25. The number of nitrogens with two attached hydrogens (primary N) is 1. The van der Waals surface area contributed by atoms with E-state index in [1.165, 1.54) is 0 Å². The Balaban J connectivity index is 2.06. The Hall–Kier alpha value is -2.67. The molecule has 1 aromatic carbocycles. The van der Waals surface area contributed by atoms with Crippen molar-refractivity contribution in [2.24, 2.45) is 0 Å². The first-order chi connectivity index (χ1) is 13.4. The lowest BCUT2D eigenvalue weighted by Gasteiger charge is -2.11. The van der Waals surface area contributed by atoms with Crippen LogP contribution in [0.5, 0.6) is 0 Å². The molecule has 1 atom stereocenters. The number of aromatic nitrogens is 3. The molecule has 28 heavy (non-hydrogen) atoms. The van der Waals surface area contributed by atoms with Crippen molar-refractivity contribution in [2.45, 2.75) is 59.3 Å². The molecule has 0 bridgehead atoms. The molecule has 2 N–H and O–H groups in total. The zero-order valence-corrected chi connectivity index (χ0v) is 16.9. The van der Waals surface area contributed by atoms with Crippen molar-refractivity contribution in [1.29, 1.82) is 0 Å². The SMILES string of the molecule is CC[C@@H](C)OC(=O)c1c(N)n(CCCOC(C)C)c2nc3ccccc3nc12. The number of hydrogen-bond acceptors (Lipinski definition) is 6. The predicted octanol–water partition coefficient (Wildman–Crippen LogP) is 3.94. The summed E-state index contributed by atoms with van der Waals surface area (Å²) in [5.41, 5.74) is 9.22. The molecule has 7 nitrogen and oxygen atoms in total. The first-order valence-electron chi connectivity index (χ1n) is 9.79. The van der Waals surface area contributed by atoms with Crippen LogP contribution in [0.1, 0.15) is 50.9 Å². The summed E-state index contributed by atoms with van der Waals surface area (Å²) in [6.45, 7) is 9.01. The summed E-state index contributed by atoms with van der Waals surface area (Å²) < 4.78 is 13.0. The van der Waals surface area contributed by atoms with Crippen LogP contribution < -0.4 is 5.73 Å². The van der Waals surface area contributed by atoms with Gasteiger partial charge in [0.25, 0.3) is 0 Å². The van der Waals surface area contributed by atoms with Crippen LogP contribution in [0.15, 0.2) is 24.3 Å². The maximum Gasteiger partial charge on any atom is 0.344 e. The molecule has 2 heterocycles. The first kappa shape index (κ1) is 20.1. The van der Waals surface area contributed by atoms with E-state index >= 15 is 0 Å². The number of anilines is 1. The maximum atomic E-state index is 12.8. The molecule has 150 valence electrons. The van der Waals surface area contributed by atoms with Gasteiger partial charge in [-0.1, -0.05) is 19.1 Å². The Labute approximate surface area is 164 Å². The third-order valence-corrected chi connectivity index (χ3v) is 4.66. The van der Waals surface area contributed by atoms with E-state index in [9.17, 15) is 4.79 Å². The van der Waals surface area contributed by atoms with Gasteiger partial charge in [0.2, 0.25) is 0 Å². The van der Waals surface area contributed by atoms with E-state index in [0.717, 1.165) is 18.4 Å². The van der Waals surface area contributed by atoms with E-state index in [2.05, 4.69) is 4.98 Å². The summed E-state index contributed by atoms with van der Waals surface area (Å²) in [6.07, 6.45) is 1.45. The molecule has 0 fully saturated rings. The van der Waals surface area contributed by atoms with E-state index in [0.29, 0.717) is 41.2 Å². The van der Waals surface area contributed by atoms with Crippen LogP contribution in [0.4, 0.5) is 5.82 Å². The van der Waals surface area contributed by atoms with Crippen LogP contribution in [0, 0.1) is 0 Å². The highest BCUT2D eigenvalue weighted by Crippen LogP contribution is 2.29. The number of carbonyl (C=O) groups is 1. The highest BCUT2D eigenvalue weighted by atomic mass is 16.5. The van der Waals surface area contributed by atoms with Crippen LogP contribution in [-0.2, 0) is 16.0 Å². The fraction of sp³-hybridized carbons (Fsp3) is 0.476. The summed E-state index contributed by atoms with van der Waals surface area (Å²) in [5.74, 6) is -0.123. The highest BCUT2D eigenvalue weighted by molar-refractivity contribution is 6.08. The number of carbonyl (C=O) groups excluding carboxylic acids is 1. The Kier molecular flexibility index (Phi) is 6.14. The number of hydrogen-bond donors (Lipinski definition) is 1. The monoisotopic (exact) mass is 384 g/mol. The smallest absolute Gasteiger partial charge is 0.344 e. The van der Waals surface area contributed by atoms with Crippen molar-refractivity contribution < 1.29 is 14.3 Å². The minimum Gasteiger partial charge on any atom is -0.459 e. The Bertz CT molecular complexity index is 981. The van der Waals surface area contributed by atoms with E-state index in [1.54, 1.807) is 0 Å². The van der Waals surface area contributed by atoms with Crippen molar-refractivity contribution >= 4 is 34.0 Å². The van der Waals surface area contributed by atoms with Crippen molar-refractivity contribution in [3.63, 3.8) is 0 Å². The number of ether oxygens (including phenoxy) is 2. The van der Waals surface area contributed by atoms with Gasteiger partial charge in [-0.25, -0.2) is 14.8 Å². The zero-order valence-electron chi connectivity index (χ0n) is 16.9. The fourth-order valence-electron chi connectivity index (χ4n) is 3.01. The summed E-state index contributed by atoms with van der Waals surface area (Å²) >= 11 is 0. The van der Waals surface area contributed by atoms with Crippen molar-refractivity contribution in [3.05, 3.63) is 29.8 Å². The van der Waals surface area contributed by atoms with Gasteiger partial charge in [-0.15, -0.1) is 0 Å². The largest absolute Gasteiger partial charge is 0.459 e. The molecule has 0 aliphatic heterocycles. The van der Waals surface area contributed by atoms with Crippen LogP contribution >= 0.6 is 0 Å². The average Bonchev–Trinajstić information content (AvgIpc) is 2.93. The molecule has 3 aromatic rings. The lowest BCUT2D eigenvalue weighted by molar-refractivity contribution is 0.0338. The topological polar surface area (TPSA) is 92.3 Å². The third kappa shape index (κ3) is 4.09. The van der Waals surface area contributed by atoms with E-state index in [4.69, 9.17) is 20.2 Å². The van der Waals surface area contributed by atoms with E-state index in [-0.39, 0.29) is 12.2 Å². The summed E-state index contributed by atoms with van der Waals surface area (Å²) in [6, 6.07) is 7.57. The summed E-state index contributed by atoms with van der Waals surface area (Å²) in [5, 5.41) is 0. The molecule has 7 heteroatoms. The molecule has 0 unspecified atom stereocenters. The van der Waals surface area contributed by atoms with Gasteiger partial charge in [-0.05, 0) is 45.7 Å². The predicted molar refractivity (Wildman–Crippen MR) is 110 cm³/mol. The number of nitrogens with zero attached hydrogens (tertiary/aromatic N) is 3. The molecule has 0 saturated heterocycles. The van der Waals surface area contributed by atoms with Gasteiger partial charge in [0.05, 0.1) is 23.2 Å². The van der Waals surface area contributed by atoms with Crippen LogP contribution in [-0.4, -0.2) is 39.3 Å². The zero-order chi connectivity index (χ0) is 20.3. The van der Waals surface area contributed by atoms with Gasteiger partial charge in [0.15, 0.2) is 5.65 Å². The third-order valence-electron chi connectivity index (χ3n) is 4.66. The lowest BCUT2D eigenvalue weighted by Crippen LogP contribution is -2.16. The average molecular weight is 384 g/mol. The second-order valence-corrected chi connectivity index (χ2v) is 7.19. The number of esters is 1. The van der Waals surface area contributed by atoms with E-state index in [1.807, 2.05) is 56.5 Å². The van der Waals surface area contributed by atoms with Crippen molar-refractivity contribution in [3.8, 4) is 0 Å². The normalized spacial score (nSPS) is 12.8. The molecule has 0 aliphatic carbocycles. The Morgan fingerprint density at radius 2 is 1.86 bits per heavy atom. The molecule has 0 amide bonds. The van der Waals surface area contributed by atoms with Crippen LogP contribution in [0.2, 0.25) is 0 Å². The summed E-state index contributed by atoms with van der Waals surface area (Å²) in [7, 11) is 0.